The van der Waals surface area contributed by atoms with Crippen molar-refractivity contribution < 1.29 is 9.59 Å². The molecule has 3 N–H and O–H groups in total. The smallest absolute Gasteiger partial charge is 0.296 e. The van der Waals surface area contributed by atoms with Crippen LogP contribution in [0.25, 0.3) is 11.3 Å². The molecule has 2 amide bonds. The van der Waals surface area contributed by atoms with Gasteiger partial charge in [0.25, 0.3) is 11.8 Å². The molecule has 1 aliphatic carbocycles. The second-order valence-electron chi connectivity index (χ2n) is 10.1. The molecule has 5 rings (SSSR count). The number of hydrogen-bond donors (Lipinski definition) is 3. The van der Waals surface area contributed by atoms with Crippen LogP contribution >= 0.6 is 0 Å². The molecule has 0 unspecified atom stereocenters. The van der Waals surface area contributed by atoms with Crippen molar-refractivity contribution in [3.8, 4) is 11.8 Å². The van der Waals surface area contributed by atoms with Crippen molar-refractivity contribution in [3.05, 3.63) is 95.1 Å². The summed E-state index contributed by atoms with van der Waals surface area (Å²) >= 11 is 0. The van der Waals surface area contributed by atoms with E-state index in [1.54, 1.807) is 0 Å². The van der Waals surface area contributed by atoms with Crippen LogP contribution in [-0.2, 0) is 16.1 Å². The van der Waals surface area contributed by atoms with Crippen LogP contribution in [0.4, 0.5) is 11.4 Å². The minimum atomic E-state index is -0.255. The van der Waals surface area contributed by atoms with Gasteiger partial charge >= 0.3 is 0 Å². The van der Waals surface area contributed by atoms with E-state index in [-0.39, 0.29) is 17.9 Å². The minimum absolute atomic E-state index is 0.181. The Morgan fingerprint density at radius 2 is 1.74 bits per heavy atom. The van der Waals surface area contributed by atoms with E-state index in [4.69, 9.17) is 0 Å². The van der Waals surface area contributed by atoms with E-state index < -0.39 is 0 Å². The Hall–Kier alpha value is -4.34. The Labute approximate surface area is 224 Å². The maximum Gasteiger partial charge on any atom is 0.296 e. The molecule has 0 saturated heterocycles. The molecule has 1 aliphatic heterocycles. The van der Waals surface area contributed by atoms with E-state index >= 15 is 0 Å². The molecule has 1 heterocycles. The molecule has 1 saturated carbocycles. The molecule has 0 radical (unpaired) electrons. The number of nitrogens with zero attached hydrogens (tertiary/aromatic N) is 1. The van der Waals surface area contributed by atoms with Crippen LogP contribution < -0.4 is 16.0 Å². The number of carbonyl (C=O) groups is 2. The molecule has 38 heavy (non-hydrogen) atoms. The lowest BCUT2D eigenvalue weighted by Gasteiger charge is -2.16. The predicted molar refractivity (Wildman–Crippen MR) is 153 cm³/mol. The summed E-state index contributed by atoms with van der Waals surface area (Å²) in [5, 5.41) is 9.48. The quantitative estimate of drug-likeness (QED) is 0.323. The van der Waals surface area contributed by atoms with Crippen molar-refractivity contribution >= 4 is 34.5 Å². The average molecular weight is 505 g/mol. The monoisotopic (exact) mass is 504 g/mol. The van der Waals surface area contributed by atoms with Gasteiger partial charge in [0.15, 0.2) is 0 Å². The van der Waals surface area contributed by atoms with Gasteiger partial charge < -0.3 is 20.9 Å². The zero-order chi connectivity index (χ0) is 26.5. The van der Waals surface area contributed by atoms with Crippen LogP contribution in [0, 0.1) is 11.8 Å². The first-order valence-electron chi connectivity index (χ1n) is 13.0. The number of amides is 2. The number of nitrogens with one attached hydrogen (secondary N) is 3. The lowest BCUT2D eigenvalue weighted by Crippen LogP contribution is -2.31. The maximum absolute atomic E-state index is 13.3. The van der Waals surface area contributed by atoms with Gasteiger partial charge in [0.2, 0.25) is 0 Å². The third-order valence-electron chi connectivity index (χ3n) is 6.81. The Morgan fingerprint density at radius 1 is 1.00 bits per heavy atom. The summed E-state index contributed by atoms with van der Waals surface area (Å²) < 4.78 is 0. The van der Waals surface area contributed by atoms with Crippen molar-refractivity contribution in [2.75, 3.05) is 24.7 Å². The molecular weight excluding hydrogens is 472 g/mol. The molecule has 6 heteroatoms. The number of hydrogen-bond acceptors (Lipinski definition) is 4. The summed E-state index contributed by atoms with van der Waals surface area (Å²) in [5.41, 5.74) is 6.49. The Balaban J connectivity index is 1.44. The van der Waals surface area contributed by atoms with Gasteiger partial charge in [-0.05, 0) is 62.3 Å². The molecule has 3 aromatic rings. The summed E-state index contributed by atoms with van der Waals surface area (Å²) in [6.07, 6.45) is 4.34. The first-order chi connectivity index (χ1) is 18.5. The maximum atomic E-state index is 13.3. The fraction of sp³-hybridized carbons (Fsp3) is 0.250. The normalized spacial score (nSPS) is 15.9. The van der Waals surface area contributed by atoms with Crippen molar-refractivity contribution in [3.63, 3.8) is 0 Å². The van der Waals surface area contributed by atoms with Crippen molar-refractivity contribution in [2.24, 2.45) is 0 Å². The highest BCUT2D eigenvalue weighted by atomic mass is 16.2. The molecule has 1 fully saturated rings. The number of carbonyl (C=O) groups excluding carboxylic acids is 2. The van der Waals surface area contributed by atoms with Crippen LogP contribution in [0.15, 0.2) is 72.8 Å². The summed E-state index contributed by atoms with van der Waals surface area (Å²) in [6, 6.07) is 23.9. The number of fused-ring (bicyclic) bond motifs is 1. The Bertz CT molecular complexity index is 1420. The van der Waals surface area contributed by atoms with Crippen LogP contribution in [0.1, 0.15) is 47.9 Å². The van der Waals surface area contributed by atoms with Gasteiger partial charge in [0, 0.05) is 35.3 Å². The van der Waals surface area contributed by atoms with Crippen molar-refractivity contribution in [1.82, 2.24) is 10.2 Å². The highest BCUT2D eigenvalue weighted by Gasteiger charge is 2.28. The zero-order valence-corrected chi connectivity index (χ0v) is 21.8. The molecule has 0 atom stereocenters. The summed E-state index contributed by atoms with van der Waals surface area (Å²) in [7, 11) is 4.09. The van der Waals surface area contributed by atoms with E-state index in [1.165, 1.54) is 5.56 Å². The molecule has 3 aromatic carbocycles. The van der Waals surface area contributed by atoms with Gasteiger partial charge in [-0.15, -0.1) is 0 Å². The van der Waals surface area contributed by atoms with Crippen LogP contribution in [0.5, 0.6) is 0 Å². The fourth-order valence-corrected chi connectivity index (χ4v) is 5.01. The second kappa shape index (κ2) is 11.4. The van der Waals surface area contributed by atoms with E-state index in [0.717, 1.165) is 54.7 Å². The first-order valence-corrected chi connectivity index (χ1v) is 13.0. The largest absolute Gasteiger partial charge is 0.354 e. The lowest BCUT2D eigenvalue weighted by atomic mass is 9.99. The van der Waals surface area contributed by atoms with Gasteiger partial charge in [-0.2, -0.15) is 0 Å². The van der Waals surface area contributed by atoms with Gasteiger partial charge in [-0.3, -0.25) is 9.59 Å². The highest BCUT2D eigenvalue weighted by Crippen LogP contribution is 2.38. The van der Waals surface area contributed by atoms with Crippen molar-refractivity contribution in [1.29, 1.82) is 0 Å². The second-order valence-corrected chi connectivity index (χ2v) is 10.1. The van der Waals surface area contributed by atoms with E-state index in [2.05, 4.69) is 44.8 Å². The Kier molecular flexibility index (Phi) is 7.57. The molecule has 0 bridgehead atoms. The topological polar surface area (TPSA) is 73.5 Å². The molecule has 6 nitrogen and oxygen atoms in total. The van der Waals surface area contributed by atoms with Crippen LogP contribution in [0.3, 0.4) is 0 Å². The van der Waals surface area contributed by atoms with E-state index in [9.17, 15) is 9.59 Å². The standard InChI is InChI=1S/C32H32N4O2/c1-36(2)21-23-12-16-26(17-13-23)34-31(24-8-4-3-5-9-24)30-27-18-14-22(20-28(27)35-32(30)38)15-19-29(37)33-25-10-6-7-11-25/h3-5,8-9,12-14,16-18,20,25,34H,6-7,10-11,21H2,1-2H3,(H,33,37)(H,35,38)/b31-30+. The Morgan fingerprint density at radius 3 is 2.45 bits per heavy atom. The fourth-order valence-electron chi connectivity index (χ4n) is 5.01. The highest BCUT2D eigenvalue weighted by molar-refractivity contribution is 6.37. The van der Waals surface area contributed by atoms with Gasteiger partial charge in [-0.25, -0.2) is 0 Å². The molecule has 0 aromatic heterocycles. The van der Waals surface area contributed by atoms with Gasteiger partial charge in [0.05, 0.1) is 17.0 Å². The average Bonchev–Trinajstić information content (AvgIpc) is 3.53. The number of rotatable bonds is 6. The zero-order valence-electron chi connectivity index (χ0n) is 21.8. The first kappa shape index (κ1) is 25.3. The number of anilines is 2. The predicted octanol–water partition coefficient (Wildman–Crippen LogP) is 5.09. The van der Waals surface area contributed by atoms with Gasteiger partial charge in [0.1, 0.15) is 0 Å². The third-order valence-corrected chi connectivity index (χ3v) is 6.81. The summed E-state index contributed by atoms with van der Waals surface area (Å²) in [5.74, 6) is 5.21. The van der Waals surface area contributed by atoms with Crippen LogP contribution in [0.2, 0.25) is 0 Å². The summed E-state index contributed by atoms with van der Waals surface area (Å²) in [6.45, 7) is 0.857. The molecular formula is C32H32N4O2. The van der Waals surface area contributed by atoms with Crippen molar-refractivity contribution in [2.45, 2.75) is 38.3 Å². The van der Waals surface area contributed by atoms with Gasteiger partial charge in [-0.1, -0.05) is 67.3 Å². The van der Waals surface area contributed by atoms with Crippen LogP contribution in [-0.4, -0.2) is 36.9 Å². The molecule has 192 valence electrons. The molecule has 0 spiro atoms. The molecule has 2 aliphatic rings. The number of benzene rings is 3. The lowest BCUT2D eigenvalue weighted by molar-refractivity contribution is -0.116. The SMILES string of the molecule is CN(C)Cc1ccc(N/C(=C2/C(=O)Nc3cc(C#CC(=O)NC4CCCC4)ccc32)c2ccccc2)cc1. The third kappa shape index (κ3) is 5.96. The van der Waals surface area contributed by atoms with E-state index in [0.29, 0.717) is 16.8 Å². The summed E-state index contributed by atoms with van der Waals surface area (Å²) in [4.78, 5) is 27.6. The minimum Gasteiger partial charge on any atom is -0.354 e. The van der Waals surface area contributed by atoms with E-state index in [1.807, 2.05) is 74.8 Å².